The lowest BCUT2D eigenvalue weighted by Crippen LogP contribution is -2.14. The van der Waals surface area contributed by atoms with E-state index in [1.807, 2.05) is 24.3 Å². The number of aryl methyl sites for hydroxylation is 1. The van der Waals surface area contributed by atoms with Crippen LogP contribution in [0.1, 0.15) is 6.42 Å². The smallest absolute Gasteiger partial charge is 0.226 e. The molecule has 0 aliphatic rings. The van der Waals surface area contributed by atoms with Gasteiger partial charge < -0.3 is 5.32 Å². The molecule has 0 saturated carbocycles. The Morgan fingerprint density at radius 3 is 2.65 bits per heavy atom. The van der Waals surface area contributed by atoms with Gasteiger partial charge >= 0.3 is 0 Å². The number of hydrogen-bond acceptors (Lipinski definition) is 4. The van der Waals surface area contributed by atoms with Gasteiger partial charge in [0.1, 0.15) is 12.1 Å². The molecule has 0 unspecified atom stereocenters. The number of carbonyl (C=O) groups is 1. The van der Waals surface area contributed by atoms with Crippen molar-refractivity contribution in [3.8, 4) is 11.1 Å². The fourth-order valence-electron chi connectivity index (χ4n) is 2.17. The molecule has 1 amide bonds. The Morgan fingerprint density at radius 2 is 1.91 bits per heavy atom. The molecular weight excluding hydrogens is 297 g/mol. The molecule has 0 fully saturated rings. The highest BCUT2D eigenvalue weighted by Crippen LogP contribution is 2.23. The maximum absolute atomic E-state index is 13.3. The third-order valence-electron chi connectivity index (χ3n) is 3.26. The second-order valence-corrected chi connectivity index (χ2v) is 4.96. The maximum atomic E-state index is 13.3. The molecule has 7 heteroatoms. The zero-order valence-corrected chi connectivity index (χ0v) is 12.2. The molecule has 23 heavy (non-hydrogen) atoms. The van der Waals surface area contributed by atoms with Crippen LogP contribution < -0.4 is 5.32 Å². The van der Waals surface area contributed by atoms with E-state index in [-0.39, 0.29) is 18.1 Å². The van der Waals surface area contributed by atoms with Crippen molar-refractivity contribution in [1.29, 1.82) is 0 Å². The van der Waals surface area contributed by atoms with Gasteiger partial charge in [0.15, 0.2) is 0 Å². The fourth-order valence-corrected chi connectivity index (χ4v) is 2.17. The minimum Gasteiger partial charge on any atom is -0.326 e. The molecule has 0 saturated heterocycles. The molecule has 0 aliphatic carbocycles. The van der Waals surface area contributed by atoms with Crippen LogP contribution in [0.4, 0.5) is 10.1 Å². The van der Waals surface area contributed by atoms with E-state index in [4.69, 9.17) is 0 Å². The van der Waals surface area contributed by atoms with Crippen molar-refractivity contribution in [2.45, 2.75) is 13.0 Å². The standard InChI is InChI=1S/C16H14FN5O/c17-14-5-1-3-12(9-14)13-4-2-6-15(10-13)19-16(23)7-8-22-11-18-20-21-22/h1-6,9-11H,7-8H2,(H,19,23). The largest absolute Gasteiger partial charge is 0.326 e. The van der Waals surface area contributed by atoms with Crippen LogP contribution in [-0.4, -0.2) is 26.1 Å². The van der Waals surface area contributed by atoms with Crippen molar-refractivity contribution in [2.24, 2.45) is 0 Å². The van der Waals surface area contributed by atoms with Gasteiger partial charge in [0.05, 0.1) is 6.54 Å². The number of nitrogens with one attached hydrogen (secondary N) is 1. The van der Waals surface area contributed by atoms with E-state index in [9.17, 15) is 9.18 Å². The van der Waals surface area contributed by atoms with Crippen LogP contribution in [0.3, 0.4) is 0 Å². The first kappa shape index (κ1) is 14.8. The summed E-state index contributed by atoms with van der Waals surface area (Å²) in [5.74, 6) is -0.435. The first-order valence-corrected chi connectivity index (χ1v) is 7.07. The summed E-state index contributed by atoms with van der Waals surface area (Å²) in [6, 6.07) is 13.6. The van der Waals surface area contributed by atoms with Crippen LogP contribution in [0.25, 0.3) is 11.1 Å². The Kier molecular flexibility index (Phi) is 4.37. The number of hydrogen-bond donors (Lipinski definition) is 1. The van der Waals surface area contributed by atoms with Crippen molar-refractivity contribution in [3.05, 3.63) is 60.7 Å². The van der Waals surface area contributed by atoms with E-state index in [2.05, 4.69) is 20.8 Å². The molecule has 0 aliphatic heterocycles. The normalized spacial score (nSPS) is 10.5. The van der Waals surface area contributed by atoms with Gasteiger partial charge in [-0.3, -0.25) is 4.79 Å². The molecule has 1 heterocycles. The number of benzene rings is 2. The van der Waals surface area contributed by atoms with E-state index in [0.29, 0.717) is 12.2 Å². The lowest BCUT2D eigenvalue weighted by molar-refractivity contribution is -0.116. The summed E-state index contributed by atoms with van der Waals surface area (Å²) in [7, 11) is 0. The Bertz CT molecular complexity index is 804. The van der Waals surface area contributed by atoms with Crippen molar-refractivity contribution in [3.63, 3.8) is 0 Å². The lowest BCUT2D eigenvalue weighted by atomic mass is 10.1. The highest BCUT2D eigenvalue weighted by molar-refractivity contribution is 5.91. The molecule has 1 aromatic heterocycles. The zero-order chi connectivity index (χ0) is 16.1. The Balaban J connectivity index is 1.66. The monoisotopic (exact) mass is 311 g/mol. The predicted octanol–water partition coefficient (Wildman–Crippen LogP) is 2.51. The second kappa shape index (κ2) is 6.78. The predicted molar refractivity (Wildman–Crippen MR) is 82.9 cm³/mol. The topological polar surface area (TPSA) is 72.7 Å². The average Bonchev–Trinajstić information content (AvgIpc) is 3.07. The maximum Gasteiger partial charge on any atom is 0.226 e. The summed E-state index contributed by atoms with van der Waals surface area (Å²) in [6.07, 6.45) is 1.72. The number of aromatic nitrogens is 4. The van der Waals surface area contributed by atoms with Gasteiger partial charge in [-0.05, 0) is 45.8 Å². The minimum atomic E-state index is -0.293. The Labute approximate surface area is 132 Å². The molecule has 3 rings (SSSR count). The summed E-state index contributed by atoms with van der Waals surface area (Å²) in [5.41, 5.74) is 2.26. The first-order chi connectivity index (χ1) is 11.2. The van der Waals surface area contributed by atoms with Crippen LogP contribution in [-0.2, 0) is 11.3 Å². The highest BCUT2D eigenvalue weighted by Gasteiger charge is 2.05. The summed E-state index contributed by atoms with van der Waals surface area (Å²) in [4.78, 5) is 12.0. The number of nitrogens with zero attached hydrogens (tertiary/aromatic N) is 4. The molecule has 2 aromatic carbocycles. The van der Waals surface area contributed by atoms with E-state index in [0.717, 1.165) is 11.1 Å². The van der Waals surface area contributed by atoms with E-state index < -0.39 is 0 Å². The van der Waals surface area contributed by atoms with Gasteiger partial charge in [0.25, 0.3) is 0 Å². The van der Waals surface area contributed by atoms with Crippen molar-refractivity contribution < 1.29 is 9.18 Å². The number of rotatable bonds is 5. The number of tetrazole rings is 1. The summed E-state index contributed by atoms with van der Waals surface area (Å²) in [5, 5.41) is 13.5. The molecule has 3 aromatic rings. The molecule has 1 N–H and O–H groups in total. The molecule has 0 spiro atoms. The number of halogens is 1. The zero-order valence-electron chi connectivity index (χ0n) is 12.2. The quantitative estimate of drug-likeness (QED) is 0.786. The molecule has 0 bridgehead atoms. The third kappa shape index (κ3) is 3.97. The molecule has 0 atom stereocenters. The van der Waals surface area contributed by atoms with Gasteiger partial charge in [0, 0.05) is 12.1 Å². The number of carbonyl (C=O) groups excluding carboxylic acids is 1. The summed E-state index contributed by atoms with van der Waals surface area (Å²) >= 11 is 0. The van der Waals surface area contributed by atoms with Gasteiger partial charge in [-0.25, -0.2) is 9.07 Å². The van der Waals surface area contributed by atoms with Crippen molar-refractivity contribution in [2.75, 3.05) is 5.32 Å². The van der Waals surface area contributed by atoms with Crippen molar-refractivity contribution in [1.82, 2.24) is 20.2 Å². The lowest BCUT2D eigenvalue weighted by Gasteiger charge is -2.08. The molecule has 6 nitrogen and oxygen atoms in total. The Hall–Kier alpha value is -3.09. The van der Waals surface area contributed by atoms with Crippen LogP contribution >= 0.6 is 0 Å². The van der Waals surface area contributed by atoms with Gasteiger partial charge in [-0.1, -0.05) is 24.3 Å². The average molecular weight is 311 g/mol. The number of amides is 1. The minimum absolute atomic E-state index is 0.142. The second-order valence-electron chi connectivity index (χ2n) is 4.96. The van der Waals surface area contributed by atoms with Crippen LogP contribution in [0, 0.1) is 5.82 Å². The number of anilines is 1. The first-order valence-electron chi connectivity index (χ1n) is 7.07. The van der Waals surface area contributed by atoms with E-state index >= 15 is 0 Å². The van der Waals surface area contributed by atoms with E-state index in [1.54, 1.807) is 12.1 Å². The summed E-state index contributed by atoms with van der Waals surface area (Å²) in [6.45, 7) is 0.405. The van der Waals surface area contributed by atoms with Gasteiger partial charge in [-0.2, -0.15) is 0 Å². The SMILES string of the molecule is O=C(CCn1cnnn1)Nc1cccc(-c2cccc(F)c2)c1. The fraction of sp³-hybridized carbons (Fsp3) is 0.125. The van der Waals surface area contributed by atoms with Crippen LogP contribution in [0.15, 0.2) is 54.9 Å². The summed E-state index contributed by atoms with van der Waals surface area (Å²) < 4.78 is 14.8. The van der Waals surface area contributed by atoms with Gasteiger partial charge in [0.2, 0.25) is 5.91 Å². The Morgan fingerprint density at radius 1 is 1.13 bits per heavy atom. The third-order valence-corrected chi connectivity index (χ3v) is 3.26. The molecule has 116 valence electrons. The van der Waals surface area contributed by atoms with Crippen molar-refractivity contribution >= 4 is 11.6 Å². The molecular formula is C16H14FN5O. The van der Waals surface area contributed by atoms with Gasteiger partial charge in [-0.15, -0.1) is 5.10 Å². The van der Waals surface area contributed by atoms with Crippen LogP contribution in [0.2, 0.25) is 0 Å². The molecule has 0 radical (unpaired) electrons. The van der Waals surface area contributed by atoms with E-state index in [1.165, 1.54) is 23.1 Å². The highest BCUT2D eigenvalue weighted by atomic mass is 19.1. The van der Waals surface area contributed by atoms with Crippen LogP contribution in [0.5, 0.6) is 0 Å².